The molecular weight excluding hydrogens is 501 g/mol. The Bertz CT molecular complexity index is 1320. The van der Waals surface area contributed by atoms with E-state index in [4.69, 9.17) is 21.4 Å². The van der Waals surface area contributed by atoms with Crippen molar-refractivity contribution in [1.29, 1.82) is 0 Å². The summed E-state index contributed by atoms with van der Waals surface area (Å²) in [6.45, 7) is -0.461. The predicted octanol–water partition coefficient (Wildman–Crippen LogP) is 2.61. The molecule has 2 aromatic carbocycles. The highest BCUT2D eigenvalue weighted by Crippen LogP contribution is 2.39. The molecule has 4 rings (SSSR count). The molecule has 0 bridgehead atoms. The summed E-state index contributed by atoms with van der Waals surface area (Å²) in [5.41, 5.74) is 0.123. The van der Waals surface area contributed by atoms with E-state index in [0.717, 1.165) is 22.5 Å². The number of ether oxygens (including phenoxy) is 1. The molecule has 3 N–H and O–H groups in total. The summed E-state index contributed by atoms with van der Waals surface area (Å²) < 4.78 is 74.0. The number of nitrogens with zero attached hydrogens (tertiary/aromatic N) is 1. The largest absolute Gasteiger partial charge is 0.485 e. The van der Waals surface area contributed by atoms with Crippen LogP contribution in [0.4, 0.5) is 20.6 Å². The van der Waals surface area contributed by atoms with Crippen LogP contribution < -0.4 is 19.1 Å². The number of benzene rings is 2. The Kier molecular flexibility index (Phi) is 6.16. The molecule has 0 saturated heterocycles. The van der Waals surface area contributed by atoms with Gasteiger partial charge in [-0.3, -0.25) is 9.62 Å². The molecule has 1 saturated carbocycles. The van der Waals surface area contributed by atoms with Crippen molar-refractivity contribution >= 4 is 49.1 Å². The van der Waals surface area contributed by atoms with Crippen molar-refractivity contribution in [3.05, 3.63) is 47.2 Å². The Morgan fingerprint density at radius 3 is 2.55 bits per heavy atom. The van der Waals surface area contributed by atoms with Crippen LogP contribution >= 0.6 is 11.6 Å². The lowest BCUT2D eigenvalue weighted by Crippen LogP contribution is -2.48. The number of fused-ring (bicyclic) bond motifs is 1. The fourth-order valence-electron chi connectivity index (χ4n) is 3.32. The van der Waals surface area contributed by atoms with E-state index in [1.165, 1.54) is 18.2 Å². The molecule has 1 heterocycles. The maximum Gasteiger partial charge on any atom is 0.409 e. The molecule has 178 valence electrons. The van der Waals surface area contributed by atoms with E-state index in [1.54, 1.807) is 0 Å². The third kappa shape index (κ3) is 5.00. The maximum atomic E-state index is 13.6. The van der Waals surface area contributed by atoms with Gasteiger partial charge in [0.15, 0.2) is 0 Å². The quantitative estimate of drug-likeness (QED) is 0.510. The van der Waals surface area contributed by atoms with Crippen LogP contribution in [0.25, 0.3) is 0 Å². The SMILES string of the molecule is O=C(O)Nc1ccc2c(c1)N(S(=O)(=O)c1ccc(F)c(Cl)c1)CC(CNS(=O)(=O)C1CC1)O2. The summed E-state index contributed by atoms with van der Waals surface area (Å²) in [7, 11) is -7.83. The third-order valence-electron chi connectivity index (χ3n) is 5.10. The lowest BCUT2D eigenvalue weighted by molar-refractivity contribution is 0.203. The smallest absolute Gasteiger partial charge is 0.409 e. The highest BCUT2D eigenvalue weighted by molar-refractivity contribution is 7.92. The zero-order valence-corrected chi connectivity index (χ0v) is 19.3. The van der Waals surface area contributed by atoms with Gasteiger partial charge in [-0.25, -0.2) is 30.7 Å². The van der Waals surface area contributed by atoms with Crippen molar-refractivity contribution < 1.29 is 35.9 Å². The van der Waals surface area contributed by atoms with Gasteiger partial charge in [0, 0.05) is 12.2 Å². The van der Waals surface area contributed by atoms with E-state index in [-0.39, 0.29) is 40.1 Å². The van der Waals surface area contributed by atoms with Crippen LogP contribution in [-0.2, 0) is 20.0 Å². The van der Waals surface area contributed by atoms with Gasteiger partial charge in [0.25, 0.3) is 10.0 Å². The fourth-order valence-corrected chi connectivity index (χ4v) is 6.50. The van der Waals surface area contributed by atoms with Gasteiger partial charge in [-0.05, 0) is 49.2 Å². The fraction of sp³-hybridized carbons (Fsp3) is 0.316. The number of hydrogen-bond donors (Lipinski definition) is 3. The van der Waals surface area contributed by atoms with E-state index in [2.05, 4.69) is 10.0 Å². The molecule has 14 heteroatoms. The molecule has 33 heavy (non-hydrogen) atoms. The molecule has 1 unspecified atom stereocenters. The molecule has 0 aromatic heterocycles. The monoisotopic (exact) mass is 519 g/mol. The van der Waals surface area contributed by atoms with Crippen LogP contribution in [-0.4, -0.2) is 52.5 Å². The first-order chi connectivity index (χ1) is 15.5. The second kappa shape index (κ2) is 8.63. The van der Waals surface area contributed by atoms with Crippen molar-refractivity contribution in [3.63, 3.8) is 0 Å². The minimum atomic E-state index is -4.30. The Morgan fingerprint density at radius 1 is 1.18 bits per heavy atom. The summed E-state index contributed by atoms with van der Waals surface area (Å²) in [6.07, 6.45) is -1.10. The molecule has 1 fully saturated rings. The van der Waals surface area contributed by atoms with Gasteiger partial charge in [-0.2, -0.15) is 0 Å². The van der Waals surface area contributed by atoms with Crippen LogP contribution in [0.2, 0.25) is 5.02 Å². The summed E-state index contributed by atoms with van der Waals surface area (Å²) in [5, 5.41) is 10.3. The standard InChI is InChI=1S/C19H19ClFN3O7S2/c20-15-8-14(4-5-16(15)21)33(29,30)24-10-12(9-22-32(27,28)13-2-3-13)31-18-6-1-11(7-17(18)24)23-19(25)26/h1,4-8,12-13,22-23H,2-3,9-10H2,(H,25,26). The summed E-state index contributed by atoms with van der Waals surface area (Å²) in [6, 6.07) is 6.96. The molecule has 10 nitrogen and oxygen atoms in total. The lowest BCUT2D eigenvalue weighted by Gasteiger charge is -2.35. The molecular formula is C19H19ClFN3O7S2. The second-order valence-corrected chi connectivity index (χ2v) is 11.9. The van der Waals surface area contributed by atoms with Gasteiger partial charge in [0.1, 0.15) is 17.7 Å². The minimum Gasteiger partial charge on any atom is -0.485 e. The molecule has 0 spiro atoms. The van der Waals surface area contributed by atoms with Gasteiger partial charge in [-0.15, -0.1) is 0 Å². The van der Waals surface area contributed by atoms with Crippen LogP contribution in [0.15, 0.2) is 41.3 Å². The molecule has 1 atom stereocenters. The van der Waals surface area contributed by atoms with E-state index in [1.807, 2.05) is 0 Å². The molecule has 1 aliphatic heterocycles. The van der Waals surface area contributed by atoms with Crippen molar-refractivity contribution in [1.82, 2.24) is 4.72 Å². The van der Waals surface area contributed by atoms with Crippen molar-refractivity contribution in [3.8, 4) is 5.75 Å². The maximum absolute atomic E-state index is 13.6. The number of carboxylic acid groups (broad SMARTS) is 1. The second-order valence-electron chi connectivity index (χ2n) is 7.56. The van der Waals surface area contributed by atoms with Crippen LogP contribution in [0.1, 0.15) is 12.8 Å². The molecule has 1 amide bonds. The van der Waals surface area contributed by atoms with Crippen molar-refractivity contribution in [2.45, 2.75) is 29.1 Å². The number of halogens is 2. The first kappa shape index (κ1) is 23.5. The average molecular weight is 520 g/mol. The first-order valence-electron chi connectivity index (χ1n) is 9.74. The van der Waals surface area contributed by atoms with Crippen LogP contribution in [0, 0.1) is 5.82 Å². The topological polar surface area (TPSA) is 142 Å². The number of amides is 1. The summed E-state index contributed by atoms with van der Waals surface area (Å²) >= 11 is 5.77. The normalized spacial score (nSPS) is 18.4. The van der Waals surface area contributed by atoms with Gasteiger partial charge in [0.2, 0.25) is 10.0 Å². The van der Waals surface area contributed by atoms with E-state index >= 15 is 0 Å². The summed E-state index contributed by atoms with van der Waals surface area (Å²) in [4.78, 5) is 10.7. The molecule has 2 aliphatic rings. The van der Waals surface area contributed by atoms with E-state index < -0.39 is 43.3 Å². The number of anilines is 2. The minimum absolute atomic E-state index is 0.0306. The molecule has 2 aromatic rings. The Morgan fingerprint density at radius 2 is 1.91 bits per heavy atom. The first-order valence-corrected chi connectivity index (χ1v) is 13.1. The number of carbonyl (C=O) groups is 1. The molecule has 0 radical (unpaired) electrons. The number of sulfonamides is 2. The number of hydrogen-bond acceptors (Lipinski definition) is 6. The molecule has 1 aliphatic carbocycles. The van der Waals surface area contributed by atoms with E-state index in [0.29, 0.717) is 12.8 Å². The third-order valence-corrected chi connectivity index (χ3v) is 9.08. The van der Waals surface area contributed by atoms with Crippen LogP contribution in [0.5, 0.6) is 5.75 Å². The number of nitrogens with one attached hydrogen (secondary N) is 2. The van der Waals surface area contributed by atoms with Gasteiger partial charge >= 0.3 is 6.09 Å². The van der Waals surface area contributed by atoms with E-state index in [9.17, 15) is 26.0 Å². The highest BCUT2D eigenvalue weighted by atomic mass is 35.5. The Hall–Kier alpha value is -2.61. The average Bonchev–Trinajstić information content (AvgIpc) is 3.59. The zero-order valence-electron chi connectivity index (χ0n) is 16.9. The lowest BCUT2D eigenvalue weighted by atomic mass is 10.2. The highest BCUT2D eigenvalue weighted by Gasteiger charge is 2.38. The van der Waals surface area contributed by atoms with Gasteiger partial charge in [-0.1, -0.05) is 11.6 Å². The number of rotatable bonds is 7. The van der Waals surface area contributed by atoms with Crippen molar-refractivity contribution in [2.24, 2.45) is 0 Å². The Balaban J connectivity index is 1.70. The Labute approximate surface area is 194 Å². The van der Waals surface area contributed by atoms with Crippen molar-refractivity contribution in [2.75, 3.05) is 22.7 Å². The summed E-state index contributed by atoms with van der Waals surface area (Å²) in [5.74, 6) is -0.692. The van der Waals surface area contributed by atoms with Crippen LogP contribution in [0.3, 0.4) is 0 Å². The zero-order chi connectivity index (χ0) is 24.0. The van der Waals surface area contributed by atoms with Gasteiger partial charge in [0.05, 0.1) is 27.4 Å². The van der Waals surface area contributed by atoms with Gasteiger partial charge < -0.3 is 9.84 Å². The predicted molar refractivity (Wildman–Crippen MR) is 118 cm³/mol.